The molecule has 9 heteroatoms. The number of rotatable bonds is 7. The average molecular weight is 289 g/mol. The molecule has 108 valence electrons. The van der Waals surface area contributed by atoms with Gasteiger partial charge in [-0.3, -0.25) is 5.41 Å². The van der Waals surface area contributed by atoms with E-state index in [2.05, 4.69) is 0 Å². The number of sulfonamides is 1. The average Bonchev–Trinajstić information content (AvgIpc) is 2.10. The molecule has 0 spiro atoms. The summed E-state index contributed by atoms with van der Waals surface area (Å²) in [5.74, 6) is -0.944. The Hall–Kier alpha value is -0.830. The summed E-state index contributed by atoms with van der Waals surface area (Å²) in [6.07, 6.45) is -6.00. The lowest BCUT2D eigenvalue weighted by Crippen LogP contribution is -2.43. The maximum Gasteiger partial charge on any atom is 0.389 e. The summed E-state index contributed by atoms with van der Waals surface area (Å²) in [6, 6.07) is -0.454. The van der Waals surface area contributed by atoms with Crippen molar-refractivity contribution in [2.45, 2.75) is 38.9 Å². The quantitative estimate of drug-likeness (QED) is 0.547. The smallest absolute Gasteiger partial charge is 0.387 e. The van der Waals surface area contributed by atoms with Gasteiger partial charge in [-0.15, -0.1) is 0 Å². The summed E-state index contributed by atoms with van der Waals surface area (Å²) in [6.45, 7) is 2.85. The zero-order chi connectivity index (χ0) is 14.6. The van der Waals surface area contributed by atoms with Gasteiger partial charge in [0.05, 0.1) is 12.3 Å². The van der Waals surface area contributed by atoms with Crippen LogP contribution in [0.3, 0.4) is 0 Å². The Morgan fingerprint density at radius 1 is 1.39 bits per heavy atom. The van der Waals surface area contributed by atoms with Gasteiger partial charge in [0.2, 0.25) is 10.0 Å². The molecule has 5 nitrogen and oxygen atoms in total. The molecule has 0 aromatic carbocycles. The molecule has 0 aromatic heterocycles. The Kier molecular flexibility index (Phi) is 6.08. The molecule has 0 aromatic rings. The Morgan fingerprint density at radius 2 is 1.89 bits per heavy atom. The van der Waals surface area contributed by atoms with E-state index >= 15 is 0 Å². The Bertz CT molecular complexity index is 379. The van der Waals surface area contributed by atoms with Gasteiger partial charge < -0.3 is 5.73 Å². The van der Waals surface area contributed by atoms with Crippen LogP contribution in [-0.2, 0) is 10.0 Å². The maximum absolute atomic E-state index is 11.9. The van der Waals surface area contributed by atoms with E-state index in [1.807, 2.05) is 0 Å². The number of hydrogen-bond donors (Lipinski definition) is 2. The van der Waals surface area contributed by atoms with Crippen molar-refractivity contribution >= 4 is 15.9 Å². The highest BCUT2D eigenvalue weighted by Crippen LogP contribution is 2.22. The van der Waals surface area contributed by atoms with Crippen LogP contribution >= 0.6 is 0 Å². The number of nitrogens with zero attached hydrogens (tertiary/aromatic N) is 1. The van der Waals surface area contributed by atoms with Crippen molar-refractivity contribution in [3.63, 3.8) is 0 Å². The van der Waals surface area contributed by atoms with Gasteiger partial charge in [-0.05, 0) is 20.3 Å². The van der Waals surface area contributed by atoms with E-state index in [0.29, 0.717) is 0 Å². The van der Waals surface area contributed by atoms with Crippen molar-refractivity contribution in [3.05, 3.63) is 0 Å². The minimum atomic E-state index is -4.36. The Balaban J connectivity index is 4.62. The molecule has 3 N–H and O–H groups in total. The van der Waals surface area contributed by atoms with Gasteiger partial charge in [0, 0.05) is 12.5 Å². The van der Waals surface area contributed by atoms with Crippen molar-refractivity contribution in [3.8, 4) is 0 Å². The van der Waals surface area contributed by atoms with E-state index in [1.54, 1.807) is 13.8 Å². The normalized spacial score (nSPS) is 13.3. The molecule has 0 fully saturated rings. The first-order valence-electron chi connectivity index (χ1n) is 5.35. The van der Waals surface area contributed by atoms with E-state index < -0.39 is 40.8 Å². The second-order valence-corrected chi connectivity index (χ2v) is 6.24. The summed E-state index contributed by atoms with van der Waals surface area (Å²) in [5.41, 5.74) is 5.12. The van der Waals surface area contributed by atoms with E-state index in [1.165, 1.54) is 0 Å². The van der Waals surface area contributed by atoms with Crippen LogP contribution in [0.2, 0.25) is 0 Å². The fourth-order valence-electron chi connectivity index (χ4n) is 1.34. The van der Waals surface area contributed by atoms with Crippen LogP contribution in [0.25, 0.3) is 0 Å². The van der Waals surface area contributed by atoms with E-state index in [-0.39, 0.29) is 12.4 Å². The van der Waals surface area contributed by atoms with Gasteiger partial charge >= 0.3 is 6.18 Å². The number of amidine groups is 1. The highest BCUT2D eigenvalue weighted by Gasteiger charge is 2.30. The van der Waals surface area contributed by atoms with E-state index in [0.717, 1.165) is 4.31 Å². The molecule has 0 atom stereocenters. The van der Waals surface area contributed by atoms with E-state index in [4.69, 9.17) is 11.1 Å². The van der Waals surface area contributed by atoms with Gasteiger partial charge in [-0.25, -0.2) is 8.42 Å². The van der Waals surface area contributed by atoms with Crippen LogP contribution in [0.5, 0.6) is 0 Å². The van der Waals surface area contributed by atoms with E-state index in [9.17, 15) is 21.6 Å². The van der Waals surface area contributed by atoms with Crippen molar-refractivity contribution in [2.75, 3.05) is 12.3 Å². The molecule has 18 heavy (non-hydrogen) atoms. The standard InChI is InChI=1S/C9H18F3N3O2S/c1-7(2)15(6-8(13)14)18(16,17)5-3-4-9(10,11)12/h7H,3-6H2,1-2H3,(H3,13,14). The topological polar surface area (TPSA) is 87.2 Å². The second kappa shape index (κ2) is 6.37. The maximum atomic E-state index is 11.9. The van der Waals surface area contributed by atoms with Crippen molar-refractivity contribution in [1.82, 2.24) is 4.31 Å². The van der Waals surface area contributed by atoms with Crippen LogP contribution in [0.4, 0.5) is 13.2 Å². The number of halogens is 3. The first kappa shape index (κ1) is 17.2. The van der Waals surface area contributed by atoms with Gasteiger partial charge in [-0.1, -0.05) is 0 Å². The third kappa shape index (κ3) is 6.80. The third-order valence-corrected chi connectivity index (χ3v) is 4.19. The molecule has 0 heterocycles. The summed E-state index contributed by atoms with van der Waals surface area (Å²) in [5, 5.41) is 7.07. The second-order valence-electron chi connectivity index (χ2n) is 4.20. The molecule has 0 aliphatic heterocycles. The molecular formula is C9H18F3N3O2S. The van der Waals surface area contributed by atoms with Crippen molar-refractivity contribution in [1.29, 1.82) is 5.41 Å². The molecule has 0 saturated carbocycles. The number of nitrogens with one attached hydrogen (secondary N) is 1. The zero-order valence-corrected chi connectivity index (χ0v) is 11.1. The molecule has 0 aliphatic carbocycles. The minimum Gasteiger partial charge on any atom is -0.387 e. The molecule has 0 bridgehead atoms. The van der Waals surface area contributed by atoms with Crippen LogP contribution in [0.1, 0.15) is 26.7 Å². The van der Waals surface area contributed by atoms with Gasteiger partial charge in [-0.2, -0.15) is 17.5 Å². The predicted molar refractivity (Wildman–Crippen MR) is 62.8 cm³/mol. The zero-order valence-electron chi connectivity index (χ0n) is 10.3. The highest BCUT2D eigenvalue weighted by molar-refractivity contribution is 7.89. The fourth-order valence-corrected chi connectivity index (χ4v) is 3.06. The molecule has 0 saturated heterocycles. The first-order chi connectivity index (χ1) is 7.96. The molecule has 0 unspecified atom stereocenters. The van der Waals surface area contributed by atoms with Crippen molar-refractivity contribution in [2.24, 2.45) is 5.73 Å². The molecule has 0 aliphatic rings. The van der Waals surface area contributed by atoms with Gasteiger partial charge in [0.1, 0.15) is 5.84 Å². The predicted octanol–water partition coefficient (Wildman–Crippen LogP) is 1.31. The number of alkyl halides is 3. The molecule has 0 amide bonds. The summed E-state index contributed by atoms with van der Waals surface area (Å²) < 4.78 is 60.4. The molecule has 0 rings (SSSR count). The summed E-state index contributed by atoms with van der Waals surface area (Å²) in [7, 11) is -3.83. The SMILES string of the molecule is CC(C)N(CC(=N)N)S(=O)(=O)CCCC(F)(F)F. The fraction of sp³-hybridized carbons (Fsp3) is 0.889. The largest absolute Gasteiger partial charge is 0.389 e. The van der Waals surface area contributed by atoms with Crippen molar-refractivity contribution < 1.29 is 21.6 Å². The van der Waals surface area contributed by atoms with Gasteiger partial charge in [0.25, 0.3) is 0 Å². The highest BCUT2D eigenvalue weighted by atomic mass is 32.2. The lowest BCUT2D eigenvalue weighted by atomic mass is 10.3. The number of hydrogen-bond acceptors (Lipinski definition) is 3. The van der Waals surface area contributed by atoms with Crippen LogP contribution in [-0.4, -0.2) is 43.1 Å². The monoisotopic (exact) mass is 289 g/mol. The summed E-state index contributed by atoms with van der Waals surface area (Å²) in [4.78, 5) is 0. The lowest BCUT2D eigenvalue weighted by molar-refractivity contribution is -0.134. The first-order valence-corrected chi connectivity index (χ1v) is 6.96. The molecular weight excluding hydrogens is 271 g/mol. The van der Waals surface area contributed by atoms with Gasteiger partial charge in [0.15, 0.2) is 0 Å². The van der Waals surface area contributed by atoms with Crippen LogP contribution in [0.15, 0.2) is 0 Å². The third-order valence-electron chi connectivity index (χ3n) is 2.12. The number of nitrogens with two attached hydrogens (primary N) is 1. The lowest BCUT2D eigenvalue weighted by Gasteiger charge is -2.25. The van der Waals surface area contributed by atoms with Crippen LogP contribution < -0.4 is 5.73 Å². The minimum absolute atomic E-state index is 0.300. The summed E-state index contributed by atoms with van der Waals surface area (Å²) >= 11 is 0. The Morgan fingerprint density at radius 3 is 2.22 bits per heavy atom. The molecule has 0 radical (unpaired) electrons. The van der Waals surface area contributed by atoms with Crippen LogP contribution in [0, 0.1) is 5.41 Å². The Labute approximate surface area is 105 Å².